The molecule has 0 spiro atoms. The number of benzene rings is 1. The highest BCUT2D eigenvalue weighted by Crippen LogP contribution is 2.25. The molecule has 7 nitrogen and oxygen atoms in total. The maximum Gasteiger partial charge on any atom is 0.320 e. The number of pyridine rings is 2. The average Bonchev–Trinajstić information content (AvgIpc) is 2.74. The summed E-state index contributed by atoms with van der Waals surface area (Å²) in [5.74, 6) is 0.757. The first-order chi connectivity index (χ1) is 14.0. The van der Waals surface area contributed by atoms with Gasteiger partial charge in [0, 0.05) is 35.9 Å². The average molecular weight is 428 g/mol. The normalized spacial score (nSPS) is 10.3. The highest BCUT2D eigenvalue weighted by atomic mass is 35.5. The van der Waals surface area contributed by atoms with Gasteiger partial charge in [-0.2, -0.15) is 0 Å². The molecule has 0 saturated heterocycles. The van der Waals surface area contributed by atoms with E-state index in [0.717, 1.165) is 5.56 Å². The first-order valence-electron chi connectivity index (χ1n) is 8.63. The number of anilines is 2. The van der Waals surface area contributed by atoms with Crippen molar-refractivity contribution in [3.05, 3.63) is 77.1 Å². The van der Waals surface area contributed by atoms with E-state index in [9.17, 15) is 9.59 Å². The summed E-state index contributed by atoms with van der Waals surface area (Å²) >= 11 is 7.31. The molecule has 148 valence electrons. The predicted octanol–water partition coefficient (Wildman–Crippen LogP) is 4.43. The molecule has 3 amide bonds. The van der Waals surface area contributed by atoms with Gasteiger partial charge in [-0.1, -0.05) is 11.6 Å². The summed E-state index contributed by atoms with van der Waals surface area (Å²) in [6, 6.07) is 13.6. The van der Waals surface area contributed by atoms with Gasteiger partial charge in [-0.15, -0.1) is 11.8 Å². The molecule has 3 N–H and O–H groups in total. The first-order valence-corrected chi connectivity index (χ1v) is 10.00. The molecule has 3 aromatic rings. The second-order valence-corrected chi connectivity index (χ2v) is 7.26. The molecule has 0 aliphatic carbocycles. The molecule has 0 bridgehead atoms. The second kappa shape index (κ2) is 9.90. The Morgan fingerprint density at radius 2 is 1.83 bits per heavy atom. The molecule has 0 aliphatic heterocycles. The van der Waals surface area contributed by atoms with E-state index in [1.165, 1.54) is 18.8 Å². The number of aromatic nitrogens is 2. The number of thioether (sulfide) groups is 1. The Kier molecular flexibility index (Phi) is 7.04. The van der Waals surface area contributed by atoms with E-state index in [0.29, 0.717) is 32.9 Å². The topological polar surface area (TPSA) is 96.0 Å². The summed E-state index contributed by atoms with van der Waals surface area (Å²) in [7, 11) is 1.53. The van der Waals surface area contributed by atoms with Crippen LogP contribution in [-0.2, 0) is 5.75 Å². The van der Waals surface area contributed by atoms with E-state index in [1.807, 2.05) is 6.07 Å². The zero-order chi connectivity index (χ0) is 20.6. The monoisotopic (exact) mass is 427 g/mol. The second-order valence-electron chi connectivity index (χ2n) is 5.86. The molecule has 29 heavy (non-hydrogen) atoms. The summed E-state index contributed by atoms with van der Waals surface area (Å²) < 4.78 is 0. The maximum atomic E-state index is 12.7. The summed E-state index contributed by atoms with van der Waals surface area (Å²) in [6.07, 6.45) is 3.26. The van der Waals surface area contributed by atoms with Crippen LogP contribution in [0.3, 0.4) is 0 Å². The van der Waals surface area contributed by atoms with E-state index in [-0.39, 0.29) is 11.9 Å². The number of hydrogen-bond donors (Lipinski definition) is 3. The van der Waals surface area contributed by atoms with Crippen LogP contribution in [0.2, 0.25) is 5.02 Å². The lowest BCUT2D eigenvalue weighted by Crippen LogP contribution is -2.24. The molecule has 2 heterocycles. The maximum absolute atomic E-state index is 12.7. The van der Waals surface area contributed by atoms with Crippen LogP contribution in [0.4, 0.5) is 16.3 Å². The number of nitrogens with zero attached hydrogens (tertiary/aromatic N) is 2. The zero-order valence-electron chi connectivity index (χ0n) is 15.5. The van der Waals surface area contributed by atoms with Crippen LogP contribution in [0.15, 0.2) is 66.0 Å². The Morgan fingerprint density at radius 3 is 2.59 bits per heavy atom. The standard InChI is InChI=1S/C20H18ClN5O2S/c1-22-20(28)26-17-11-13(8-10-23-17)12-29-19-16(3-2-9-24-19)18(27)25-15-6-4-14(21)5-7-15/h2-11H,12H2,1H3,(H,25,27)(H2,22,23,26,28). The molecule has 3 rings (SSSR count). The number of halogens is 1. The minimum Gasteiger partial charge on any atom is -0.341 e. The third-order valence-corrected chi connectivity index (χ3v) is 5.11. The van der Waals surface area contributed by atoms with E-state index in [4.69, 9.17) is 11.6 Å². The Labute approximate surface area is 177 Å². The summed E-state index contributed by atoms with van der Waals surface area (Å²) in [4.78, 5) is 32.6. The van der Waals surface area contributed by atoms with Crippen molar-refractivity contribution in [1.29, 1.82) is 0 Å². The van der Waals surface area contributed by atoms with Crippen molar-refractivity contribution in [3.63, 3.8) is 0 Å². The van der Waals surface area contributed by atoms with Gasteiger partial charge in [-0.25, -0.2) is 14.8 Å². The fraction of sp³-hybridized carbons (Fsp3) is 0.100. The van der Waals surface area contributed by atoms with Gasteiger partial charge < -0.3 is 10.6 Å². The van der Waals surface area contributed by atoms with Crippen LogP contribution in [0.5, 0.6) is 0 Å². The third kappa shape index (κ3) is 5.94. The largest absolute Gasteiger partial charge is 0.341 e. The molecule has 0 aliphatic rings. The number of carbonyl (C=O) groups excluding carboxylic acids is 2. The minimum absolute atomic E-state index is 0.250. The highest BCUT2D eigenvalue weighted by Gasteiger charge is 2.13. The van der Waals surface area contributed by atoms with Crippen molar-refractivity contribution in [3.8, 4) is 0 Å². The highest BCUT2D eigenvalue weighted by molar-refractivity contribution is 7.98. The smallest absolute Gasteiger partial charge is 0.320 e. The Morgan fingerprint density at radius 1 is 1.03 bits per heavy atom. The van der Waals surface area contributed by atoms with Gasteiger partial charge in [0.15, 0.2) is 0 Å². The Bertz CT molecular complexity index is 1010. The Balaban J connectivity index is 1.69. The van der Waals surface area contributed by atoms with Gasteiger partial charge >= 0.3 is 6.03 Å². The van der Waals surface area contributed by atoms with Crippen molar-refractivity contribution < 1.29 is 9.59 Å². The molecule has 1 aromatic carbocycles. The molecule has 2 aromatic heterocycles. The summed E-state index contributed by atoms with van der Waals surface area (Å²) in [5, 5.41) is 9.16. The molecule has 0 radical (unpaired) electrons. The molecule has 0 unspecified atom stereocenters. The van der Waals surface area contributed by atoms with Gasteiger partial charge in [0.25, 0.3) is 5.91 Å². The van der Waals surface area contributed by atoms with Crippen molar-refractivity contribution in [1.82, 2.24) is 15.3 Å². The number of urea groups is 1. The lowest BCUT2D eigenvalue weighted by atomic mass is 10.2. The fourth-order valence-corrected chi connectivity index (χ4v) is 3.43. The molecule has 0 fully saturated rings. The van der Waals surface area contributed by atoms with E-state index in [1.54, 1.807) is 54.9 Å². The van der Waals surface area contributed by atoms with E-state index in [2.05, 4.69) is 25.9 Å². The van der Waals surface area contributed by atoms with Crippen LogP contribution >= 0.6 is 23.4 Å². The van der Waals surface area contributed by atoms with E-state index >= 15 is 0 Å². The summed E-state index contributed by atoms with van der Waals surface area (Å²) in [6.45, 7) is 0. The van der Waals surface area contributed by atoms with Gasteiger partial charge in [-0.3, -0.25) is 10.1 Å². The third-order valence-electron chi connectivity index (χ3n) is 3.79. The SMILES string of the molecule is CNC(=O)Nc1cc(CSc2ncccc2C(=O)Nc2ccc(Cl)cc2)ccn1. The number of hydrogen-bond acceptors (Lipinski definition) is 5. The lowest BCUT2D eigenvalue weighted by molar-refractivity contribution is 0.102. The van der Waals surface area contributed by atoms with Crippen molar-refractivity contribution in [2.75, 3.05) is 17.7 Å². The Hall–Kier alpha value is -3.10. The van der Waals surface area contributed by atoms with Crippen molar-refractivity contribution in [2.45, 2.75) is 10.8 Å². The number of rotatable bonds is 6. The minimum atomic E-state index is -0.340. The number of carbonyl (C=O) groups is 2. The lowest BCUT2D eigenvalue weighted by Gasteiger charge is -2.10. The number of nitrogens with one attached hydrogen (secondary N) is 3. The quantitative estimate of drug-likeness (QED) is 0.506. The zero-order valence-corrected chi connectivity index (χ0v) is 17.1. The first kappa shape index (κ1) is 20.6. The van der Waals surface area contributed by atoms with Crippen molar-refractivity contribution in [2.24, 2.45) is 0 Å². The van der Waals surface area contributed by atoms with Gasteiger partial charge in [0.2, 0.25) is 0 Å². The molecular formula is C20H18ClN5O2S. The molecule has 9 heteroatoms. The number of amides is 3. The predicted molar refractivity (Wildman–Crippen MR) is 116 cm³/mol. The van der Waals surface area contributed by atoms with Gasteiger partial charge in [-0.05, 0) is 54.1 Å². The fourth-order valence-electron chi connectivity index (χ4n) is 2.37. The van der Waals surface area contributed by atoms with Crippen molar-refractivity contribution >= 4 is 46.8 Å². The molecular weight excluding hydrogens is 410 g/mol. The van der Waals surface area contributed by atoms with Crippen LogP contribution in [0, 0.1) is 0 Å². The van der Waals surface area contributed by atoms with Crippen LogP contribution < -0.4 is 16.0 Å². The van der Waals surface area contributed by atoms with Crippen LogP contribution in [-0.4, -0.2) is 29.0 Å². The summed E-state index contributed by atoms with van der Waals surface area (Å²) in [5.41, 5.74) is 2.06. The van der Waals surface area contributed by atoms with Gasteiger partial charge in [0.05, 0.1) is 5.56 Å². The van der Waals surface area contributed by atoms with Crippen LogP contribution in [0.25, 0.3) is 0 Å². The van der Waals surface area contributed by atoms with E-state index < -0.39 is 0 Å². The van der Waals surface area contributed by atoms with Gasteiger partial charge in [0.1, 0.15) is 10.8 Å². The molecule has 0 atom stereocenters. The van der Waals surface area contributed by atoms with Crippen LogP contribution in [0.1, 0.15) is 15.9 Å². The molecule has 0 saturated carbocycles.